The minimum atomic E-state index is -0.894. The zero-order valence-corrected chi connectivity index (χ0v) is 17.6. The van der Waals surface area contributed by atoms with Gasteiger partial charge in [0.2, 0.25) is 5.78 Å². The Kier molecular flexibility index (Phi) is 6.27. The predicted octanol–water partition coefficient (Wildman–Crippen LogP) is 5.63. The molecule has 0 N–H and O–H groups in total. The molecule has 0 spiro atoms. The van der Waals surface area contributed by atoms with Gasteiger partial charge in [0.1, 0.15) is 5.82 Å². The number of aromatic nitrogens is 2. The molecule has 0 atom stereocenters. The number of esters is 1. The summed E-state index contributed by atoms with van der Waals surface area (Å²) < 4.78 is 20.0. The number of ether oxygens (including phenoxy) is 1. The monoisotopic (exact) mass is 454 g/mol. The van der Waals surface area contributed by atoms with E-state index in [0.717, 1.165) is 5.69 Å². The fourth-order valence-electron chi connectivity index (χ4n) is 2.90. The Morgan fingerprint density at radius 2 is 1.76 bits per heavy atom. The SMILES string of the molecule is Cc1cc(C(=O)COC(=O)c2ncc(Cl)c(Cl)c2Cl)c(C)n1-c1ccc(F)cc1. The van der Waals surface area contributed by atoms with Crippen molar-refractivity contribution in [3.05, 3.63) is 80.1 Å². The number of hydrogen-bond acceptors (Lipinski definition) is 4. The van der Waals surface area contributed by atoms with Crippen molar-refractivity contribution in [3.8, 4) is 5.69 Å². The number of aryl methyl sites for hydroxylation is 1. The van der Waals surface area contributed by atoms with Gasteiger partial charge >= 0.3 is 5.97 Å². The van der Waals surface area contributed by atoms with E-state index in [4.69, 9.17) is 39.5 Å². The van der Waals surface area contributed by atoms with Crippen LogP contribution in [0, 0.1) is 19.7 Å². The van der Waals surface area contributed by atoms with Gasteiger partial charge in [-0.15, -0.1) is 0 Å². The molecule has 3 rings (SSSR count). The highest BCUT2D eigenvalue weighted by molar-refractivity contribution is 6.48. The number of nitrogens with zero attached hydrogens (tertiary/aromatic N) is 2. The van der Waals surface area contributed by atoms with Crippen LogP contribution in [0.15, 0.2) is 36.5 Å². The van der Waals surface area contributed by atoms with E-state index < -0.39 is 18.4 Å². The predicted molar refractivity (Wildman–Crippen MR) is 109 cm³/mol. The highest BCUT2D eigenvalue weighted by atomic mass is 35.5. The number of ketones is 1. The van der Waals surface area contributed by atoms with Gasteiger partial charge in [0.15, 0.2) is 12.3 Å². The minimum Gasteiger partial charge on any atom is -0.453 e. The molecule has 29 heavy (non-hydrogen) atoms. The Bertz CT molecular complexity index is 1110. The zero-order chi connectivity index (χ0) is 21.3. The fraction of sp³-hybridized carbons (Fsp3) is 0.150. The maximum Gasteiger partial charge on any atom is 0.358 e. The molecule has 0 aliphatic carbocycles. The second kappa shape index (κ2) is 8.53. The Morgan fingerprint density at radius 1 is 1.10 bits per heavy atom. The molecule has 150 valence electrons. The van der Waals surface area contributed by atoms with Crippen molar-refractivity contribution >= 4 is 46.6 Å². The summed E-state index contributed by atoms with van der Waals surface area (Å²) >= 11 is 17.6. The van der Waals surface area contributed by atoms with Gasteiger partial charge in [-0.2, -0.15) is 0 Å². The van der Waals surface area contributed by atoms with Crippen LogP contribution < -0.4 is 0 Å². The Labute approximate surface area is 181 Å². The van der Waals surface area contributed by atoms with E-state index in [1.807, 2.05) is 11.5 Å². The van der Waals surface area contributed by atoms with Crippen LogP contribution >= 0.6 is 34.8 Å². The second-order valence-corrected chi connectivity index (χ2v) is 7.34. The molecule has 2 heterocycles. The van der Waals surface area contributed by atoms with Crippen molar-refractivity contribution in [1.82, 2.24) is 9.55 Å². The van der Waals surface area contributed by atoms with E-state index in [0.29, 0.717) is 16.9 Å². The number of carbonyl (C=O) groups is 2. The molecule has 0 radical (unpaired) electrons. The Hall–Kier alpha value is -2.41. The van der Waals surface area contributed by atoms with Gasteiger partial charge in [-0.25, -0.2) is 14.2 Å². The van der Waals surface area contributed by atoms with Crippen LogP contribution in [0.25, 0.3) is 5.69 Å². The topological polar surface area (TPSA) is 61.2 Å². The number of benzene rings is 1. The molecule has 0 saturated carbocycles. The van der Waals surface area contributed by atoms with E-state index in [1.165, 1.54) is 18.3 Å². The first-order valence-corrected chi connectivity index (χ1v) is 9.48. The molecule has 3 aromatic rings. The van der Waals surface area contributed by atoms with Crippen molar-refractivity contribution in [2.24, 2.45) is 0 Å². The smallest absolute Gasteiger partial charge is 0.358 e. The normalized spacial score (nSPS) is 10.8. The third kappa shape index (κ3) is 4.29. The first-order chi connectivity index (χ1) is 13.7. The molecule has 0 saturated heterocycles. The largest absolute Gasteiger partial charge is 0.453 e. The van der Waals surface area contributed by atoms with Crippen LogP contribution in [0.4, 0.5) is 4.39 Å². The first kappa shape index (κ1) is 21.3. The zero-order valence-electron chi connectivity index (χ0n) is 15.3. The number of halogens is 4. The molecular formula is C20H14Cl3FN2O3. The highest BCUT2D eigenvalue weighted by Gasteiger charge is 2.22. The lowest BCUT2D eigenvalue weighted by molar-refractivity contribution is 0.0469. The lowest BCUT2D eigenvalue weighted by Gasteiger charge is -2.10. The second-order valence-electron chi connectivity index (χ2n) is 6.18. The summed E-state index contributed by atoms with van der Waals surface area (Å²) in [5.74, 6) is -1.65. The number of carbonyl (C=O) groups excluding carboxylic acids is 2. The molecule has 0 fully saturated rings. The average Bonchev–Trinajstić information content (AvgIpc) is 2.99. The quantitative estimate of drug-likeness (QED) is 0.370. The molecule has 1 aromatic carbocycles. The standard InChI is InChI=1S/C20H14Cl3FN2O3/c1-10-7-14(11(2)26(10)13-5-3-12(24)4-6-13)16(27)9-29-20(28)19-18(23)17(22)15(21)8-25-19/h3-8H,9H2,1-2H3. The van der Waals surface area contributed by atoms with Gasteiger partial charge in [0.05, 0.1) is 15.1 Å². The van der Waals surface area contributed by atoms with Crippen LogP contribution in [0.1, 0.15) is 32.2 Å². The van der Waals surface area contributed by atoms with Gasteiger partial charge in [-0.3, -0.25) is 4.79 Å². The van der Waals surface area contributed by atoms with Gasteiger partial charge in [0, 0.05) is 28.8 Å². The summed E-state index contributed by atoms with van der Waals surface area (Å²) in [4.78, 5) is 28.6. The van der Waals surface area contributed by atoms with Crippen LogP contribution in [0.5, 0.6) is 0 Å². The third-order valence-electron chi connectivity index (χ3n) is 4.26. The number of Topliss-reactive ketones (excluding diaryl/α,β-unsaturated/α-hetero) is 1. The van der Waals surface area contributed by atoms with Crippen LogP contribution in [0.2, 0.25) is 15.1 Å². The lowest BCUT2D eigenvalue weighted by Crippen LogP contribution is -2.16. The summed E-state index contributed by atoms with van der Waals surface area (Å²) in [7, 11) is 0. The molecule has 9 heteroatoms. The maximum atomic E-state index is 13.2. The third-order valence-corrected chi connectivity index (χ3v) is 5.50. The molecule has 0 aliphatic rings. The van der Waals surface area contributed by atoms with Crippen molar-refractivity contribution in [2.45, 2.75) is 13.8 Å². The van der Waals surface area contributed by atoms with E-state index >= 15 is 0 Å². The van der Waals surface area contributed by atoms with Gasteiger partial charge in [-0.1, -0.05) is 34.8 Å². The van der Waals surface area contributed by atoms with Crippen molar-refractivity contribution in [1.29, 1.82) is 0 Å². The number of hydrogen-bond donors (Lipinski definition) is 0. The summed E-state index contributed by atoms with van der Waals surface area (Å²) in [6, 6.07) is 7.58. The van der Waals surface area contributed by atoms with E-state index in [9.17, 15) is 14.0 Å². The minimum absolute atomic E-state index is 0.0237. The van der Waals surface area contributed by atoms with Crippen molar-refractivity contribution in [3.63, 3.8) is 0 Å². The molecule has 0 unspecified atom stereocenters. The summed E-state index contributed by atoms with van der Waals surface area (Å²) in [5, 5.41) is -0.0758. The average molecular weight is 456 g/mol. The van der Waals surface area contributed by atoms with E-state index in [-0.39, 0.29) is 26.6 Å². The van der Waals surface area contributed by atoms with Crippen molar-refractivity contribution < 1.29 is 18.7 Å². The van der Waals surface area contributed by atoms with Crippen LogP contribution in [-0.4, -0.2) is 27.9 Å². The number of rotatable bonds is 5. The summed E-state index contributed by atoms with van der Waals surface area (Å²) in [6.45, 7) is 3.06. The van der Waals surface area contributed by atoms with E-state index in [2.05, 4.69) is 4.98 Å². The lowest BCUT2D eigenvalue weighted by atomic mass is 10.1. The first-order valence-electron chi connectivity index (χ1n) is 8.35. The Morgan fingerprint density at radius 3 is 2.41 bits per heavy atom. The van der Waals surface area contributed by atoms with Crippen LogP contribution in [0.3, 0.4) is 0 Å². The summed E-state index contributed by atoms with van der Waals surface area (Å²) in [6.07, 6.45) is 1.17. The molecule has 2 aromatic heterocycles. The number of pyridine rings is 1. The molecular weight excluding hydrogens is 442 g/mol. The van der Waals surface area contributed by atoms with Gasteiger partial charge in [-0.05, 0) is 44.2 Å². The van der Waals surface area contributed by atoms with Gasteiger partial charge in [0.25, 0.3) is 0 Å². The van der Waals surface area contributed by atoms with E-state index in [1.54, 1.807) is 25.1 Å². The molecule has 0 aliphatic heterocycles. The molecule has 0 amide bonds. The molecule has 5 nitrogen and oxygen atoms in total. The maximum absolute atomic E-state index is 13.2. The van der Waals surface area contributed by atoms with Crippen LogP contribution in [-0.2, 0) is 4.74 Å². The highest BCUT2D eigenvalue weighted by Crippen LogP contribution is 2.31. The fourth-order valence-corrected chi connectivity index (χ4v) is 3.45. The molecule has 0 bridgehead atoms. The Balaban J connectivity index is 1.78. The summed E-state index contributed by atoms with van der Waals surface area (Å²) in [5.41, 5.74) is 2.28. The van der Waals surface area contributed by atoms with Gasteiger partial charge < -0.3 is 9.30 Å². The van der Waals surface area contributed by atoms with Crippen molar-refractivity contribution in [2.75, 3.05) is 6.61 Å².